The maximum Gasteiger partial charge on any atom is 0.406 e. The highest BCUT2D eigenvalue weighted by Crippen LogP contribution is 2.48. The van der Waals surface area contributed by atoms with Gasteiger partial charge < -0.3 is 43.7 Å². The summed E-state index contributed by atoms with van der Waals surface area (Å²) in [6, 6.07) is 29.5. The van der Waals surface area contributed by atoms with Crippen molar-refractivity contribution in [1.82, 2.24) is 29.7 Å². The van der Waals surface area contributed by atoms with Crippen LogP contribution in [0.3, 0.4) is 0 Å². The van der Waals surface area contributed by atoms with Crippen molar-refractivity contribution in [2.24, 2.45) is 0 Å². The number of aromatic nitrogens is 4. The van der Waals surface area contributed by atoms with Crippen molar-refractivity contribution >= 4 is 57.1 Å². The normalized spacial score (nSPS) is 13.6. The number of hydrogen-bond donors (Lipinski definition) is 2. The average molecular weight is 978 g/mol. The number of phenolic OH excluding ortho intramolecular Hbond substituents is 1. The molecular weight excluding hydrogens is 937 g/mol. The van der Waals surface area contributed by atoms with Crippen molar-refractivity contribution in [2.75, 3.05) is 19.6 Å². The molecule has 6 aromatic carbocycles. The smallest absolute Gasteiger partial charge is 0.406 e. The van der Waals surface area contributed by atoms with Crippen molar-refractivity contribution in [2.45, 2.75) is 32.3 Å². The first kappa shape index (κ1) is 47.6. The first-order chi connectivity index (χ1) is 33.5. The number of benzene rings is 6. The standard InChI is InChI=1S/C31H24FN3O6.C18H14FN3O3.CH2Cl2/c1-38-27-23-24(30(37)35(29(23)36)18-19-12-14-20(32)15-13-19)28(26-25(27)33-16-17-34-26)41-31(39-21-8-4-2-5-9-21)40-22-10-6-3-7-11-22;1-25-17-12-9-22(8-10-2-4-11(19)5-3-10)18(24)13(12)16(23)14-15(17)21-7-6-20-14;2-1-3/h2-17,29,31,36H,18H2,1H3;2-7,23H,8-9H2,1H3;1H2. The molecule has 10 rings (SSSR count). The van der Waals surface area contributed by atoms with Crippen LogP contribution in [0.1, 0.15) is 49.2 Å². The Bertz CT molecular complexity index is 3070. The molecule has 0 radical (unpaired) electrons. The fourth-order valence-corrected chi connectivity index (χ4v) is 7.83. The van der Waals surface area contributed by atoms with Gasteiger partial charge in [-0.25, -0.2) is 28.7 Å². The number of ether oxygens (including phenoxy) is 5. The Morgan fingerprint density at radius 1 is 0.623 bits per heavy atom. The highest BCUT2D eigenvalue weighted by Gasteiger charge is 2.44. The number of para-hydroxylation sites is 2. The molecule has 0 spiro atoms. The minimum Gasteiger partial charge on any atom is -0.505 e. The van der Waals surface area contributed by atoms with Crippen molar-refractivity contribution < 1.29 is 52.3 Å². The van der Waals surface area contributed by atoms with Crippen LogP contribution in [0.5, 0.6) is 34.5 Å². The van der Waals surface area contributed by atoms with Crippen LogP contribution in [0, 0.1) is 11.6 Å². The summed E-state index contributed by atoms with van der Waals surface area (Å²) < 4.78 is 56.0. The third kappa shape index (κ3) is 10.1. The van der Waals surface area contributed by atoms with Crippen LogP contribution in [0.15, 0.2) is 134 Å². The van der Waals surface area contributed by atoms with Crippen molar-refractivity contribution in [3.8, 4) is 34.5 Å². The number of rotatable bonds is 12. The Balaban J connectivity index is 0.000000195. The molecule has 15 nitrogen and oxygen atoms in total. The molecule has 1 unspecified atom stereocenters. The van der Waals surface area contributed by atoms with Crippen molar-refractivity contribution in [3.05, 3.63) is 179 Å². The molecule has 2 aliphatic heterocycles. The molecule has 0 fully saturated rings. The molecule has 4 heterocycles. The topological polar surface area (TPSA) is 179 Å². The summed E-state index contributed by atoms with van der Waals surface area (Å²) in [4.78, 5) is 46.7. The number of hydrogen-bond acceptors (Lipinski definition) is 13. The summed E-state index contributed by atoms with van der Waals surface area (Å²) in [6.45, 7) is -0.791. The molecule has 2 aromatic heterocycles. The maximum absolute atomic E-state index is 13.9. The zero-order valence-electron chi connectivity index (χ0n) is 36.6. The van der Waals surface area contributed by atoms with Gasteiger partial charge >= 0.3 is 6.48 Å². The highest BCUT2D eigenvalue weighted by molar-refractivity contribution is 6.40. The lowest BCUT2D eigenvalue weighted by Crippen LogP contribution is -2.32. The number of phenols is 1. The molecule has 0 aliphatic carbocycles. The fraction of sp³-hybridized carbons (Fsp3) is 0.160. The molecule has 0 saturated heterocycles. The maximum atomic E-state index is 13.9. The van der Waals surface area contributed by atoms with Gasteiger partial charge in [0.1, 0.15) is 45.2 Å². The Kier molecular flexibility index (Phi) is 14.8. The number of aliphatic hydroxyl groups is 1. The summed E-state index contributed by atoms with van der Waals surface area (Å²) in [7, 11) is 2.91. The Hall–Kier alpha value is -7.86. The van der Waals surface area contributed by atoms with E-state index in [0.717, 1.165) is 5.56 Å². The van der Waals surface area contributed by atoms with Gasteiger partial charge in [-0.3, -0.25) is 9.59 Å². The van der Waals surface area contributed by atoms with Crippen LogP contribution < -0.4 is 23.7 Å². The summed E-state index contributed by atoms with van der Waals surface area (Å²) in [5, 5.41) is 22.1. The number of nitrogens with zero attached hydrogens (tertiary/aromatic N) is 6. The van der Waals surface area contributed by atoms with Gasteiger partial charge in [-0.05, 0) is 59.7 Å². The van der Waals surface area contributed by atoms with Crippen LogP contribution in [0.4, 0.5) is 8.78 Å². The number of fused-ring (bicyclic) bond motifs is 4. The summed E-state index contributed by atoms with van der Waals surface area (Å²) in [5.74, 6) is -0.253. The monoisotopic (exact) mass is 976 g/mol. The molecule has 2 amide bonds. The second kappa shape index (κ2) is 21.4. The van der Waals surface area contributed by atoms with Crippen LogP contribution in [0.25, 0.3) is 22.1 Å². The van der Waals surface area contributed by atoms with Gasteiger partial charge in [0.15, 0.2) is 29.2 Å². The number of halogens is 4. The Morgan fingerprint density at radius 2 is 1.09 bits per heavy atom. The number of amides is 2. The van der Waals surface area contributed by atoms with Gasteiger partial charge in [0.25, 0.3) is 11.8 Å². The number of carbonyl (C=O) groups is 2. The van der Waals surface area contributed by atoms with Gasteiger partial charge in [0.2, 0.25) is 0 Å². The van der Waals surface area contributed by atoms with Crippen molar-refractivity contribution in [3.63, 3.8) is 0 Å². The zero-order valence-corrected chi connectivity index (χ0v) is 38.1. The molecular formula is C50H40Cl2F2N6O9. The molecule has 0 bridgehead atoms. The van der Waals surface area contributed by atoms with E-state index in [9.17, 15) is 28.6 Å². The highest BCUT2D eigenvalue weighted by atomic mass is 35.5. The molecule has 2 N–H and O–H groups in total. The van der Waals surface area contributed by atoms with E-state index in [2.05, 4.69) is 19.9 Å². The van der Waals surface area contributed by atoms with Crippen LogP contribution in [-0.4, -0.2) is 77.8 Å². The summed E-state index contributed by atoms with van der Waals surface area (Å²) in [5.41, 5.74) is 3.51. The van der Waals surface area contributed by atoms with E-state index in [1.165, 1.54) is 68.2 Å². The zero-order chi connectivity index (χ0) is 48.6. The number of carbonyl (C=O) groups excluding carboxylic acids is 2. The van der Waals surface area contributed by atoms with Crippen molar-refractivity contribution in [1.29, 1.82) is 0 Å². The Morgan fingerprint density at radius 3 is 1.59 bits per heavy atom. The lowest BCUT2D eigenvalue weighted by Gasteiger charge is -2.23. The fourth-order valence-electron chi connectivity index (χ4n) is 7.83. The molecule has 352 valence electrons. The average Bonchev–Trinajstić information content (AvgIpc) is 3.82. The SMILES string of the molecule is COc1c2c(c(O)c3nccnc13)C(=O)N(Cc1ccc(F)cc1)C2.COc1c2c(c(OC(Oc3ccccc3)Oc3ccccc3)c3nccnc13)C(=O)N(Cc1ccc(F)cc1)C2O.ClCCl. The van der Waals surface area contributed by atoms with Gasteiger partial charge in [0, 0.05) is 43.4 Å². The second-order valence-corrected chi connectivity index (χ2v) is 15.8. The second-order valence-electron chi connectivity index (χ2n) is 15.0. The molecule has 2 aliphatic rings. The molecule has 69 heavy (non-hydrogen) atoms. The third-order valence-electron chi connectivity index (χ3n) is 10.8. The molecule has 8 aromatic rings. The van der Waals surface area contributed by atoms with Gasteiger partial charge in [-0.15, -0.1) is 23.2 Å². The predicted octanol–water partition coefficient (Wildman–Crippen LogP) is 9.31. The van der Waals surface area contributed by atoms with Crippen LogP contribution in [0.2, 0.25) is 0 Å². The number of methoxy groups -OCH3 is 2. The third-order valence-corrected chi connectivity index (χ3v) is 10.8. The minimum atomic E-state index is -1.41. The minimum absolute atomic E-state index is 0.000778. The summed E-state index contributed by atoms with van der Waals surface area (Å²) in [6.07, 6.45) is 4.47. The number of alkyl halides is 2. The molecule has 19 heteroatoms. The number of aromatic hydroxyl groups is 1. The summed E-state index contributed by atoms with van der Waals surface area (Å²) >= 11 is 9.53. The lowest BCUT2D eigenvalue weighted by molar-refractivity contribution is -0.139. The first-order valence-electron chi connectivity index (χ1n) is 20.9. The predicted molar refractivity (Wildman–Crippen MR) is 250 cm³/mol. The van der Waals surface area contributed by atoms with Gasteiger partial charge in [0.05, 0.1) is 42.8 Å². The quantitative estimate of drug-likeness (QED) is 0.0875. The van der Waals surface area contributed by atoms with Crippen LogP contribution >= 0.6 is 23.2 Å². The molecule has 0 saturated carbocycles. The Labute approximate surface area is 403 Å². The van der Waals surface area contributed by atoms with E-state index in [1.807, 2.05) is 12.1 Å². The largest absolute Gasteiger partial charge is 0.505 e. The first-order valence-corrected chi connectivity index (χ1v) is 22.0. The van der Waals surface area contributed by atoms with Crippen LogP contribution in [-0.2, 0) is 19.6 Å². The molecule has 1 atom stereocenters. The van der Waals surface area contributed by atoms with E-state index in [1.54, 1.807) is 77.7 Å². The van der Waals surface area contributed by atoms with E-state index >= 15 is 0 Å². The van der Waals surface area contributed by atoms with E-state index in [-0.39, 0.29) is 80.6 Å². The van der Waals surface area contributed by atoms with Gasteiger partial charge in [-0.1, -0.05) is 60.7 Å². The van der Waals surface area contributed by atoms with E-state index in [0.29, 0.717) is 40.4 Å². The lowest BCUT2D eigenvalue weighted by atomic mass is 10.0. The number of aliphatic hydroxyl groups excluding tert-OH is 1. The van der Waals surface area contributed by atoms with E-state index in [4.69, 9.17) is 46.9 Å². The van der Waals surface area contributed by atoms with E-state index < -0.39 is 24.4 Å². The van der Waals surface area contributed by atoms with Gasteiger partial charge in [-0.2, -0.15) is 0 Å².